The SMILES string of the molecule is [CH2]CCc1cccc(C(=O)c2cn(C(C)C)c3ncnc(N)c23)c1Cl. The summed E-state index contributed by atoms with van der Waals surface area (Å²) < 4.78 is 1.92. The van der Waals surface area contributed by atoms with E-state index in [0.29, 0.717) is 33.6 Å². The standard InChI is InChI=1S/C19H20ClN4O/c1-4-6-12-7-5-8-13(16(12)20)17(25)14-9-24(11(2)3)19-15(14)18(21)22-10-23-19/h5,7-11H,1,4,6H2,2-3H3,(H2,21,22,23). The van der Waals surface area contributed by atoms with E-state index in [-0.39, 0.29) is 17.6 Å². The van der Waals surface area contributed by atoms with Gasteiger partial charge in [0.1, 0.15) is 17.8 Å². The second-order valence-electron chi connectivity index (χ2n) is 6.21. The van der Waals surface area contributed by atoms with E-state index < -0.39 is 0 Å². The molecule has 3 aromatic rings. The van der Waals surface area contributed by atoms with Crippen molar-refractivity contribution in [3.05, 3.63) is 59.4 Å². The number of hydrogen-bond acceptors (Lipinski definition) is 4. The van der Waals surface area contributed by atoms with Gasteiger partial charge in [-0.1, -0.05) is 30.7 Å². The highest BCUT2D eigenvalue weighted by molar-refractivity contribution is 6.36. The normalized spacial score (nSPS) is 11.4. The van der Waals surface area contributed by atoms with Crippen LogP contribution in [0.1, 0.15) is 47.8 Å². The molecule has 0 bridgehead atoms. The lowest BCUT2D eigenvalue weighted by molar-refractivity contribution is 0.104. The number of nitrogens with two attached hydrogens (primary N) is 1. The molecule has 2 heterocycles. The fraction of sp³-hybridized carbons (Fsp3) is 0.263. The van der Waals surface area contributed by atoms with Crippen LogP contribution >= 0.6 is 11.6 Å². The van der Waals surface area contributed by atoms with E-state index in [9.17, 15) is 4.79 Å². The fourth-order valence-electron chi connectivity index (χ4n) is 2.96. The first kappa shape index (κ1) is 17.4. The number of anilines is 1. The average Bonchev–Trinajstić information content (AvgIpc) is 2.98. The van der Waals surface area contributed by atoms with Crippen LogP contribution in [-0.2, 0) is 6.42 Å². The Balaban J connectivity index is 2.20. The van der Waals surface area contributed by atoms with Gasteiger partial charge in [0.15, 0.2) is 5.78 Å². The van der Waals surface area contributed by atoms with E-state index in [0.717, 1.165) is 12.0 Å². The van der Waals surface area contributed by atoms with Crippen molar-refractivity contribution in [2.75, 3.05) is 5.73 Å². The van der Waals surface area contributed by atoms with Gasteiger partial charge in [-0.25, -0.2) is 9.97 Å². The van der Waals surface area contributed by atoms with Crippen molar-refractivity contribution < 1.29 is 4.79 Å². The molecule has 0 aliphatic heterocycles. The Kier molecular flexibility index (Phi) is 4.77. The zero-order valence-electron chi connectivity index (χ0n) is 14.3. The molecule has 129 valence electrons. The molecule has 0 aliphatic carbocycles. The highest BCUT2D eigenvalue weighted by atomic mass is 35.5. The number of ketones is 1. The third-order valence-electron chi connectivity index (χ3n) is 4.21. The minimum Gasteiger partial charge on any atom is -0.383 e. The summed E-state index contributed by atoms with van der Waals surface area (Å²) in [5, 5.41) is 1.04. The molecule has 3 rings (SSSR count). The number of rotatable bonds is 5. The predicted octanol–water partition coefficient (Wildman–Crippen LogP) is 4.25. The molecular weight excluding hydrogens is 336 g/mol. The number of nitrogen functional groups attached to an aromatic ring is 1. The molecule has 0 atom stereocenters. The van der Waals surface area contributed by atoms with Crippen molar-refractivity contribution in [2.45, 2.75) is 32.7 Å². The number of halogens is 1. The smallest absolute Gasteiger partial charge is 0.196 e. The first-order chi connectivity index (χ1) is 12.0. The minimum atomic E-state index is -0.179. The molecule has 25 heavy (non-hydrogen) atoms. The van der Waals surface area contributed by atoms with Crippen LogP contribution in [0, 0.1) is 6.92 Å². The molecule has 0 aliphatic rings. The van der Waals surface area contributed by atoms with Crippen LogP contribution in [0.2, 0.25) is 5.02 Å². The summed E-state index contributed by atoms with van der Waals surface area (Å²) in [5.41, 5.74) is 8.53. The van der Waals surface area contributed by atoms with E-state index in [2.05, 4.69) is 16.9 Å². The molecule has 1 aromatic carbocycles. The van der Waals surface area contributed by atoms with Crippen LogP contribution in [0.15, 0.2) is 30.7 Å². The Morgan fingerprint density at radius 1 is 1.32 bits per heavy atom. The highest BCUT2D eigenvalue weighted by Crippen LogP contribution is 2.31. The Morgan fingerprint density at radius 3 is 2.76 bits per heavy atom. The third kappa shape index (κ3) is 3.00. The number of carbonyl (C=O) groups is 1. The molecule has 0 unspecified atom stereocenters. The molecular formula is C19H20ClN4O. The minimum absolute atomic E-state index is 0.131. The van der Waals surface area contributed by atoms with E-state index in [1.165, 1.54) is 6.33 Å². The lowest BCUT2D eigenvalue weighted by Gasteiger charge is -2.08. The Hall–Kier alpha value is -2.40. The quantitative estimate of drug-likeness (QED) is 0.694. The summed E-state index contributed by atoms with van der Waals surface area (Å²) >= 11 is 6.47. The predicted molar refractivity (Wildman–Crippen MR) is 101 cm³/mol. The zero-order valence-corrected chi connectivity index (χ0v) is 15.0. The largest absolute Gasteiger partial charge is 0.383 e. The van der Waals surface area contributed by atoms with Crippen molar-refractivity contribution in [3.63, 3.8) is 0 Å². The number of nitrogens with zero attached hydrogens (tertiary/aromatic N) is 3. The molecule has 0 saturated heterocycles. The molecule has 6 heteroatoms. The third-order valence-corrected chi connectivity index (χ3v) is 4.66. The summed E-state index contributed by atoms with van der Waals surface area (Å²) in [6.45, 7) is 7.89. The van der Waals surface area contributed by atoms with Crippen molar-refractivity contribution in [1.29, 1.82) is 0 Å². The van der Waals surface area contributed by atoms with Gasteiger partial charge >= 0.3 is 0 Å². The van der Waals surface area contributed by atoms with Gasteiger partial charge in [-0.05, 0) is 38.3 Å². The highest BCUT2D eigenvalue weighted by Gasteiger charge is 2.23. The van der Waals surface area contributed by atoms with Gasteiger partial charge in [0.2, 0.25) is 0 Å². The Morgan fingerprint density at radius 2 is 2.08 bits per heavy atom. The molecule has 5 nitrogen and oxygen atoms in total. The molecule has 0 fully saturated rings. The van der Waals surface area contributed by atoms with Gasteiger partial charge in [0, 0.05) is 17.8 Å². The van der Waals surface area contributed by atoms with Gasteiger partial charge in [-0.2, -0.15) is 0 Å². The molecule has 1 radical (unpaired) electrons. The van der Waals surface area contributed by atoms with Crippen molar-refractivity contribution in [1.82, 2.24) is 14.5 Å². The maximum Gasteiger partial charge on any atom is 0.196 e. The van der Waals surface area contributed by atoms with Gasteiger partial charge in [-0.15, -0.1) is 0 Å². The molecule has 0 saturated carbocycles. The van der Waals surface area contributed by atoms with Crippen molar-refractivity contribution in [3.8, 4) is 0 Å². The van der Waals surface area contributed by atoms with E-state index in [1.54, 1.807) is 12.3 Å². The maximum absolute atomic E-state index is 13.2. The van der Waals surface area contributed by atoms with Gasteiger partial charge < -0.3 is 10.3 Å². The second kappa shape index (κ2) is 6.84. The van der Waals surface area contributed by atoms with Crippen molar-refractivity contribution in [2.24, 2.45) is 0 Å². The summed E-state index contributed by atoms with van der Waals surface area (Å²) in [6.07, 6.45) is 4.63. The first-order valence-electron chi connectivity index (χ1n) is 8.18. The van der Waals surface area contributed by atoms with Crippen LogP contribution in [0.5, 0.6) is 0 Å². The Bertz CT molecular complexity index is 946. The molecule has 2 N–H and O–H groups in total. The summed E-state index contributed by atoms with van der Waals surface area (Å²) in [6, 6.07) is 5.62. The number of benzene rings is 1. The van der Waals surface area contributed by atoms with E-state index in [1.807, 2.05) is 30.5 Å². The molecule has 0 amide bonds. The van der Waals surface area contributed by atoms with Gasteiger partial charge in [0.25, 0.3) is 0 Å². The van der Waals surface area contributed by atoms with E-state index >= 15 is 0 Å². The number of fused-ring (bicyclic) bond motifs is 1. The van der Waals surface area contributed by atoms with Crippen LogP contribution < -0.4 is 5.73 Å². The summed E-state index contributed by atoms with van der Waals surface area (Å²) in [7, 11) is 0. The molecule has 2 aromatic heterocycles. The van der Waals surface area contributed by atoms with Crippen LogP contribution in [0.4, 0.5) is 5.82 Å². The fourth-order valence-corrected chi connectivity index (χ4v) is 3.26. The van der Waals surface area contributed by atoms with Gasteiger partial charge in [-0.3, -0.25) is 4.79 Å². The second-order valence-corrected chi connectivity index (χ2v) is 6.59. The van der Waals surface area contributed by atoms with Crippen molar-refractivity contribution >= 4 is 34.2 Å². The van der Waals surface area contributed by atoms with Gasteiger partial charge in [0.05, 0.1) is 16.0 Å². The monoisotopic (exact) mass is 355 g/mol. The van der Waals surface area contributed by atoms with E-state index in [4.69, 9.17) is 17.3 Å². The lowest BCUT2D eigenvalue weighted by Crippen LogP contribution is -2.05. The zero-order chi connectivity index (χ0) is 18.1. The number of aryl methyl sites for hydroxylation is 1. The topological polar surface area (TPSA) is 73.8 Å². The van der Waals surface area contributed by atoms with Crippen LogP contribution in [0.3, 0.4) is 0 Å². The summed E-state index contributed by atoms with van der Waals surface area (Å²) in [4.78, 5) is 21.6. The maximum atomic E-state index is 13.2. The molecule has 0 spiro atoms. The Labute approximate surface area is 151 Å². The number of aromatic nitrogens is 3. The van der Waals surface area contributed by atoms with Crippen LogP contribution in [-0.4, -0.2) is 20.3 Å². The number of carbonyl (C=O) groups excluding carboxylic acids is 1. The summed E-state index contributed by atoms with van der Waals surface area (Å²) in [5.74, 6) is 0.111. The number of hydrogen-bond donors (Lipinski definition) is 1. The first-order valence-corrected chi connectivity index (χ1v) is 8.55. The van der Waals surface area contributed by atoms with Crippen LogP contribution in [0.25, 0.3) is 11.0 Å². The average molecular weight is 356 g/mol. The lowest BCUT2D eigenvalue weighted by atomic mass is 9.99.